The first-order valence-electron chi connectivity index (χ1n) is 10.7. The van der Waals surface area contributed by atoms with Crippen LogP contribution in [0.4, 0.5) is 4.39 Å². The standard InChI is InChI=1S/C24H26FN2O3/c1-28-21-5-2-3-6-22(21)29-12-4-11-27-18-8-9-19(27)14-16(13-18)24-20-10-7-17(25)15-23(20)30-26-24/h3,5-7,10,15-16,18-19H,4,8-9,11-14H2,1H3. The van der Waals surface area contributed by atoms with Crippen LogP contribution in [0.1, 0.15) is 43.7 Å². The predicted octanol–water partition coefficient (Wildman–Crippen LogP) is 4.96. The maximum absolute atomic E-state index is 13.5. The molecule has 1 aromatic heterocycles. The van der Waals surface area contributed by atoms with Crippen molar-refractivity contribution in [3.05, 3.63) is 54.0 Å². The Morgan fingerprint density at radius 2 is 2.03 bits per heavy atom. The summed E-state index contributed by atoms with van der Waals surface area (Å²) in [5.74, 6) is 1.59. The van der Waals surface area contributed by atoms with Gasteiger partial charge in [-0.15, -0.1) is 0 Å². The number of rotatable bonds is 7. The van der Waals surface area contributed by atoms with E-state index in [-0.39, 0.29) is 5.82 Å². The number of nitrogens with zero attached hydrogens (tertiary/aromatic N) is 2. The van der Waals surface area contributed by atoms with E-state index in [1.807, 2.05) is 12.1 Å². The lowest BCUT2D eigenvalue weighted by atomic mass is 9.86. The van der Waals surface area contributed by atoms with E-state index < -0.39 is 0 Å². The van der Waals surface area contributed by atoms with Crippen LogP contribution in [0, 0.1) is 11.9 Å². The van der Waals surface area contributed by atoms with Crippen molar-refractivity contribution in [1.29, 1.82) is 0 Å². The van der Waals surface area contributed by atoms with E-state index in [4.69, 9.17) is 14.0 Å². The molecule has 2 aromatic carbocycles. The molecule has 2 aliphatic heterocycles. The topological polar surface area (TPSA) is 47.7 Å². The average molecular weight is 409 g/mol. The van der Waals surface area contributed by atoms with Gasteiger partial charge < -0.3 is 14.0 Å². The van der Waals surface area contributed by atoms with Gasteiger partial charge >= 0.3 is 0 Å². The van der Waals surface area contributed by atoms with Gasteiger partial charge in [-0.1, -0.05) is 11.2 Å². The lowest BCUT2D eigenvalue weighted by Crippen LogP contribution is -2.43. The van der Waals surface area contributed by atoms with E-state index in [2.05, 4.69) is 16.1 Å². The maximum Gasteiger partial charge on any atom is 0.170 e. The predicted molar refractivity (Wildman–Crippen MR) is 111 cm³/mol. The highest BCUT2D eigenvalue weighted by Crippen LogP contribution is 2.44. The molecular weight excluding hydrogens is 383 g/mol. The third-order valence-electron chi connectivity index (χ3n) is 6.56. The van der Waals surface area contributed by atoms with Gasteiger partial charge in [0.2, 0.25) is 0 Å². The summed E-state index contributed by atoms with van der Waals surface area (Å²) in [7, 11) is 1.65. The molecule has 2 saturated heterocycles. The molecule has 0 N–H and O–H groups in total. The number of benzene rings is 2. The van der Waals surface area contributed by atoms with Crippen LogP contribution in [0.5, 0.6) is 11.5 Å². The second-order valence-electron chi connectivity index (χ2n) is 8.28. The van der Waals surface area contributed by atoms with E-state index in [9.17, 15) is 4.39 Å². The minimum absolute atomic E-state index is 0.284. The number of methoxy groups -OCH3 is 1. The highest BCUT2D eigenvalue weighted by molar-refractivity contribution is 5.79. The average Bonchev–Trinajstić information content (AvgIpc) is 3.28. The molecule has 0 aliphatic carbocycles. The summed E-state index contributed by atoms with van der Waals surface area (Å²) in [6, 6.07) is 14.4. The molecule has 5 nitrogen and oxygen atoms in total. The van der Waals surface area contributed by atoms with Crippen LogP contribution in [0.3, 0.4) is 0 Å². The fourth-order valence-corrected chi connectivity index (χ4v) is 5.20. The molecule has 2 aliphatic rings. The second kappa shape index (κ2) is 8.26. The van der Waals surface area contributed by atoms with Gasteiger partial charge in [-0.2, -0.15) is 0 Å². The van der Waals surface area contributed by atoms with Crippen LogP contribution in [-0.4, -0.2) is 42.4 Å². The van der Waals surface area contributed by atoms with Gasteiger partial charge in [-0.05, 0) is 62.4 Å². The van der Waals surface area contributed by atoms with Gasteiger partial charge in [0.15, 0.2) is 17.1 Å². The maximum atomic E-state index is 13.5. The molecule has 30 heavy (non-hydrogen) atoms. The van der Waals surface area contributed by atoms with Gasteiger partial charge in [0.25, 0.3) is 0 Å². The third-order valence-corrected chi connectivity index (χ3v) is 6.56. The Hall–Kier alpha value is -2.60. The largest absolute Gasteiger partial charge is 0.493 e. The SMILES string of the molecule is COc1c[c]ccc1OCCCN1C2CCC1CC(c1noc3cc(F)ccc13)C2. The van der Waals surface area contributed by atoms with Crippen molar-refractivity contribution in [3.8, 4) is 11.5 Å². The second-order valence-corrected chi connectivity index (χ2v) is 8.28. The quantitative estimate of drug-likeness (QED) is 0.517. The lowest BCUT2D eigenvalue weighted by Gasteiger charge is -2.38. The van der Waals surface area contributed by atoms with Crippen molar-refractivity contribution in [1.82, 2.24) is 10.1 Å². The summed E-state index contributed by atoms with van der Waals surface area (Å²) in [5.41, 5.74) is 1.55. The van der Waals surface area contributed by atoms with Crippen LogP contribution in [0.15, 0.2) is 40.9 Å². The Kier molecular flexibility index (Phi) is 5.34. The Labute approximate surface area is 175 Å². The molecule has 5 rings (SSSR count). The molecule has 2 fully saturated rings. The molecule has 2 atom stereocenters. The highest BCUT2D eigenvalue weighted by atomic mass is 19.1. The zero-order chi connectivity index (χ0) is 20.5. The van der Waals surface area contributed by atoms with Crippen LogP contribution < -0.4 is 9.47 Å². The molecule has 157 valence electrons. The van der Waals surface area contributed by atoms with Crippen LogP contribution in [0.2, 0.25) is 0 Å². The minimum atomic E-state index is -0.284. The summed E-state index contributed by atoms with van der Waals surface area (Å²) in [5, 5.41) is 5.27. The van der Waals surface area contributed by atoms with E-state index in [1.54, 1.807) is 19.2 Å². The van der Waals surface area contributed by atoms with E-state index in [0.29, 0.717) is 30.2 Å². The molecule has 0 spiro atoms. The van der Waals surface area contributed by atoms with Gasteiger partial charge in [-0.3, -0.25) is 4.90 Å². The van der Waals surface area contributed by atoms with E-state index in [0.717, 1.165) is 48.4 Å². The van der Waals surface area contributed by atoms with Crippen LogP contribution >= 0.6 is 0 Å². The molecule has 3 aromatic rings. The van der Waals surface area contributed by atoms with Gasteiger partial charge in [0, 0.05) is 36.0 Å². The number of piperidine rings is 1. The Morgan fingerprint density at radius 3 is 2.83 bits per heavy atom. The Bertz CT molecular complexity index is 1010. The summed E-state index contributed by atoms with van der Waals surface area (Å²) >= 11 is 0. The molecule has 2 unspecified atom stereocenters. The van der Waals surface area contributed by atoms with Crippen molar-refractivity contribution in [2.45, 2.75) is 50.1 Å². The first kappa shape index (κ1) is 19.4. The molecule has 1 radical (unpaired) electrons. The number of fused-ring (bicyclic) bond motifs is 3. The fourth-order valence-electron chi connectivity index (χ4n) is 5.20. The van der Waals surface area contributed by atoms with E-state index >= 15 is 0 Å². The van der Waals surface area contributed by atoms with Gasteiger partial charge in [-0.25, -0.2) is 4.39 Å². The third kappa shape index (κ3) is 3.65. The molecule has 3 heterocycles. The zero-order valence-electron chi connectivity index (χ0n) is 17.1. The molecule has 0 saturated carbocycles. The van der Waals surface area contributed by atoms with E-state index in [1.165, 1.54) is 25.0 Å². The van der Waals surface area contributed by atoms with Crippen LogP contribution in [0.25, 0.3) is 11.0 Å². The Balaban J connectivity index is 1.19. The molecule has 0 amide bonds. The van der Waals surface area contributed by atoms with Crippen molar-refractivity contribution in [2.75, 3.05) is 20.3 Å². The molecule has 2 bridgehead atoms. The van der Waals surface area contributed by atoms with Gasteiger partial charge in [0.05, 0.1) is 19.4 Å². The monoisotopic (exact) mass is 409 g/mol. The van der Waals surface area contributed by atoms with Crippen molar-refractivity contribution in [3.63, 3.8) is 0 Å². The van der Waals surface area contributed by atoms with Crippen molar-refractivity contribution >= 4 is 11.0 Å². The summed E-state index contributed by atoms with van der Waals surface area (Å²) < 4.78 is 30.1. The first-order valence-corrected chi connectivity index (χ1v) is 10.7. The fraction of sp³-hybridized carbons (Fsp3) is 0.458. The number of hydrogen-bond donors (Lipinski definition) is 0. The number of ether oxygens (including phenoxy) is 2. The number of hydrogen-bond acceptors (Lipinski definition) is 5. The van der Waals surface area contributed by atoms with Crippen LogP contribution in [-0.2, 0) is 0 Å². The summed E-state index contributed by atoms with van der Waals surface area (Å²) in [4.78, 5) is 2.65. The van der Waals surface area contributed by atoms with Crippen molar-refractivity contribution < 1.29 is 18.4 Å². The zero-order valence-corrected chi connectivity index (χ0v) is 17.1. The Morgan fingerprint density at radius 1 is 1.20 bits per heavy atom. The lowest BCUT2D eigenvalue weighted by molar-refractivity contribution is 0.116. The normalized spacial score (nSPS) is 23.7. The summed E-state index contributed by atoms with van der Waals surface area (Å²) in [6.45, 7) is 1.70. The summed E-state index contributed by atoms with van der Waals surface area (Å²) in [6.07, 6.45) is 5.60. The number of aromatic nitrogens is 1. The smallest absolute Gasteiger partial charge is 0.170 e. The minimum Gasteiger partial charge on any atom is -0.493 e. The van der Waals surface area contributed by atoms with Crippen molar-refractivity contribution in [2.24, 2.45) is 0 Å². The first-order chi connectivity index (χ1) is 14.7. The van der Waals surface area contributed by atoms with Gasteiger partial charge in [0.1, 0.15) is 5.82 Å². The molecule has 6 heteroatoms. The highest BCUT2D eigenvalue weighted by Gasteiger charge is 2.41. The molecular formula is C24H26FN2O3. The number of halogens is 1.